The van der Waals surface area contributed by atoms with Gasteiger partial charge in [0.05, 0.1) is 0 Å². The van der Waals surface area contributed by atoms with Crippen LogP contribution in [-0.4, -0.2) is 42.3 Å². The number of nitrogens with zero attached hydrogens (tertiary/aromatic N) is 1. The summed E-state index contributed by atoms with van der Waals surface area (Å²) in [5, 5.41) is 4.67. The van der Waals surface area contributed by atoms with Gasteiger partial charge in [-0.1, -0.05) is 23.2 Å². The molecular weight excluding hydrogens is 323 g/mol. The van der Waals surface area contributed by atoms with Gasteiger partial charge in [-0.3, -0.25) is 0 Å². The summed E-state index contributed by atoms with van der Waals surface area (Å²) in [5.41, 5.74) is 0.582. The number of nitrogens with one attached hydrogen (secondary N) is 1. The number of hydrogen-bond donors (Lipinski definition) is 1. The molecule has 0 bridgehead atoms. The predicted molar refractivity (Wildman–Crippen MR) is 89.8 cm³/mol. The van der Waals surface area contributed by atoms with Crippen molar-refractivity contribution in [1.29, 1.82) is 0 Å². The first-order valence-corrected chi connectivity index (χ1v) is 8.15. The fourth-order valence-electron chi connectivity index (χ4n) is 2.47. The molecule has 1 amide bonds. The third kappa shape index (κ3) is 5.34. The van der Waals surface area contributed by atoms with Gasteiger partial charge < -0.3 is 15.0 Å². The Morgan fingerprint density at radius 2 is 1.95 bits per heavy atom. The van der Waals surface area contributed by atoms with Crippen molar-refractivity contribution in [1.82, 2.24) is 10.2 Å². The van der Waals surface area contributed by atoms with Gasteiger partial charge in [0.2, 0.25) is 0 Å². The molecule has 1 aromatic carbocycles. The lowest BCUT2D eigenvalue weighted by molar-refractivity contribution is 0.0195. The zero-order valence-electron chi connectivity index (χ0n) is 13.2. The van der Waals surface area contributed by atoms with Crippen molar-refractivity contribution in [2.45, 2.75) is 38.8 Å². The Morgan fingerprint density at radius 3 is 2.55 bits per heavy atom. The minimum Gasteiger partial charge on any atom is -0.444 e. The van der Waals surface area contributed by atoms with E-state index in [1.54, 1.807) is 11.0 Å². The molecule has 1 saturated heterocycles. The monoisotopic (exact) mass is 344 g/mol. The zero-order valence-corrected chi connectivity index (χ0v) is 14.7. The number of carbonyl (C=O) groups excluding carboxylic acids is 1. The summed E-state index contributed by atoms with van der Waals surface area (Å²) in [7, 11) is 0. The van der Waals surface area contributed by atoms with Gasteiger partial charge in [0.1, 0.15) is 5.60 Å². The second kappa shape index (κ2) is 7.07. The quantitative estimate of drug-likeness (QED) is 0.888. The molecule has 0 aromatic heterocycles. The summed E-state index contributed by atoms with van der Waals surface area (Å²) in [4.78, 5) is 13.9. The van der Waals surface area contributed by atoms with E-state index in [9.17, 15) is 4.79 Å². The van der Waals surface area contributed by atoms with Crippen LogP contribution in [0.25, 0.3) is 0 Å². The summed E-state index contributed by atoms with van der Waals surface area (Å²) >= 11 is 12.1. The van der Waals surface area contributed by atoms with Crippen molar-refractivity contribution >= 4 is 29.3 Å². The first kappa shape index (κ1) is 17.4. The van der Waals surface area contributed by atoms with Crippen LogP contribution in [0.15, 0.2) is 18.2 Å². The average molecular weight is 345 g/mol. The molecule has 1 fully saturated rings. The van der Waals surface area contributed by atoms with Crippen molar-refractivity contribution < 1.29 is 9.53 Å². The van der Waals surface area contributed by atoms with E-state index < -0.39 is 5.60 Å². The second-order valence-electron chi connectivity index (χ2n) is 6.56. The largest absolute Gasteiger partial charge is 0.444 e. The van der Waals surface area contributed by atoms with Gasteiger partial charge in [-0.15, -0.1) is 0 Å². The molecule has 0 saturated carbocycles. The van der Waals surface area contributed by atoms with Crippen LogP contribution in [0.3, 0.4) is 0 Å². The van der Waals surface area contributed by atoms with E-state index >= 15 is 0 Å². The van der Waals surface area contributed by atoms with Crippen LogP contribution in [0.5, 0.6) is 0 Å². The summed E-state index contributed by atoms with van der Waals surface area (Å²) in [6.07, 6.45) is 0.502. The number of piperazine rings is 1. The van der Waals surface area contributed by atoms with E-state index in [1.807, 2.05) is 32.9 Å². The van der Waals surface area contributed by atoms with Crippen molar-refractivity contribution in [2.24, 2.45) is 0 Å². The van der Waals surface area contributed by atoms with Crippen molar-refractivity contribution in [3.63, 3.8) is 0 Å². The molecule has 1 atom stereocenters. The minimum absolute atomic E-state index is 0.163. The van der Waals surface area contributed by atoms with E-state index in [4.69, 9.17) is 27.9 Å². The van der Waals surface area contributed by atoms with Crippen LogP contribution in [0.2, 0.25) is 10.0 Å². The highest BCUT2D eigenvalue weighted by atomic mass is 35.5. The molecule has 0 radical (unpaired) electrons. The molecule has 1 aliphatic rings. The van der Waals surface area contributed by atoms with Gasteiger partial charge in [-0.2, -0.15) is 0 Å². The van der Waals surface area contributed by atoms with Crippen LogP contribution in [0.4, 0.5) is 4.79 Å². The summed E-state index contributed by atoms with van der Waals surface area (Å²) in [6.45, 7) is 7.63. The average Bonchev–Trinajstić information content (AvgIpc) is 2.35. The third-order valence-electron chi connectivity index (χ3n) is 3.31. The van der Waals surface area contributed by atoms with Crippen LogP contribution >= 0.6 is 23.2 Å². The predicted octanol–water partition coefficient (Wildman–Crippen LogP) is 3.74. The van der Waals surface area contributed by atoms with Crippen molar-refractivity contribution in [3.05, 3.63) is 33.8 Å². The highest BCUT2D eigenvalue weighted by molar-refractivity contribution is 6.34. The van der Waals surface area contributed by atoms with Gasteiger partial charge in [-0.05, 0) is 51.0 Å². The van der Waals surface area contributed by atoms with Gasteiger partial charge >= 0.3 is 6.09 Å². The Labute approximate surface area is 141 Å². The second-order valence-corrected chi connectivity index (χ2v) is 7.43. The number of halogens is 2. The Bertz CT molecular complexity index is 523. The molecule has 1 unspecified atom stereocenters. The lowest BCUT2D eigenvalue weighted by atomic mass is 10.0. The number of carbonyl (C=O) groups is 1. The van der Waals surface area contributed by atoms with Crippen LogP contribution in [0, 0.1) is 0 Å². The fourth-order valence-corrected chi connectivity index (χ4v) is 3.04. The maximum absolute atomic E-state index is 12.2. The molecule has 1 aromatic rings. The molecule has 4 nitrogen and oxygen atoms in total. The third-order valence-corrected chi connectivity index (χ3v) is 3.75. The van der Waals surface area contributed by atoms with Gasteiger partial charge in [0.15, 0.2) is 0 Å². The lowest BCUT2D eigenvalue weighted by Gasteiger charge is -2.35. The smallest absolute Gasteiger partial charge is 0.410 e. The Hall–Kier alpha value is -0.970. The van der Waals surface area contributed by atoms with Crippen LogP contribution in [-0.2, 0) is 11.2 Å². The van der Waals surface area contributed by atoms with E-state index in [1.165, 1.54) is 0 Å². The molecule has 0 spiro atoms. The normalized spacial score (nSPS) is 19.1. The zero-order chi connectivity index (χ0) is 16.3. The maximum atomic E-state index is 12.2. The lowest BCUT2D eigenvalue weighted by Crippen LogP contribution is -2.54. The number of amides is 1. The molecule has 1 heterocycles. The number of rotatable bonds is 2. The summed E-state index contributed by atoms with van der Waals surface area (Å²) in [6, 6.07) is 5.69. The topological polar surface area (TPSA) is 41.6 Å². The molecule has 1 aliphatic heterocycles. The highest BCUT2D eigenvalue weighted by Crippen LogP contribution is 2.21. The Balaban J connectivity index is 1.97. The fraction of sp³-hybridized carbons (Fsp3) is 0.562. The summed E-state index contributed by atoms with van der Waals surface area (Å²) < 4.78 is 5.43. The minimum atomic E-state index is -0.474. The molecular formula is C16H22Cl2N2O2. The van der Waals surface area contributed by atoms with E-state index in [-0.39, 0.29) is 12.1 Å². The molecule has 6 heteroatoms. The Kier molecular flexibility index (Phi) is 5.59. The molecule has 1 N–H and O–H groups in total. The molecule has 2 rings (SSSR count). The SMILES string of the molecule is CC(C)(C)OC(=O)N1CCNC(Cc2cc(Cl)cc(Cl)c2)C1. The first-order valence-electron chi connectivity index (χ1n) is 7.39. The molecule has 22 heavy (non-hydrogen) atoms. The standard InChI is InChI=1S/C16H22Cl2N2O2/c1-16(2,3)22-15(21)20-5-4-19-14(10-20)8-11-6-12(17)9-13(18)7-11/h6-7,9,14,19H,4-5,8,10H2,1-3H3. The highest BCUT2D eigenvalue weighted by Gasteiger charge is 2.27. The number of ether oxygens (including phenoxy) is 1. The van der Waals surface area contributed by atoms with Crippen molar-refractivity contribution in [2.75, 3.05) is 19.6 Å². The number of benzene rings is 1. The van der Waals surface area contributed by atoms with Crippen LogP contribution < -0.4 is 5.32 Å². The summed E-state index contributed by atoms with van der Waals surface area (Å²) in [5.74, 6) is 0. The van der Waals surface area contributed by atoms with E-state index in [2.05, 4.69) is 5.32 Å². The molecule has 0 aliphatic carbocycles. The Morgan fingerprint density at radius 1 is 1.32 bits per heavy atom. The van der Waals surface area contributed by atoms with Gasteiger partial charge in [-0.25, -0.2) is 4.79 Å². The molecule has 122 valence electrons. The van der Waals surface area contributed by atoms with Gasteiger partial charge in [0, 0.05) is 35.7 Å². The van der Waals surface area contributed by atoms with Crippen molar-refractivity contribution in [3.8, 4) is 0 Å². The van der Waals surface area contributed by atoms with E-state index in [0.29, 0.717) is 23.1 Å². The van der Waals surface area contributed by atoms with E-state index in [0.717, 1.165) is 18.5 Å². The van der Waals surface area contributed by atoms with Crippen LogP contribution in [0.1, 0.15) is 26.3 Å². The first-order chi connectivity index (χ1) is 10.2. The van der Waals surface area contributed by atoms with Gasteiger partial charge in [0.25, 0.3) is 0 Å². The maximum Gasteiger partial charge on any atom is 0.410 e. The number of hydrogen-bond acceptors (Lipinski definition) is 3.